The largest absolute Gasteiger partial charge is 0.466 e. The molecule has 7 nitrogen and oxygen atoms in total. The van der Waals surface area contributed by atoms with Crippen LogP contribution >= 0.6 is 23.1 Å². The summed E-state index contributed by atoms with van der Waals surface area (Å²) < 4.78 is 12.1. The van der Waals surface area contributed by atoms with Crippen LogP contribution in [0, 0.1) is 0 Å². The molecular formula is C25H22N2O5S2. The van der Waals surface area contributed by atoms with Gasteiger partial charge in [0, 0.05) is 11.8 Å². The smallest absolute Gasteiger partial charge is 0.338 e. The van der Waals surface area contributed by atoms with Crippen LogP contribution in [0.1, 0.15) is 31.0 Å². The Bertz CT molecular complexity index is 1470. The van der Waals surface area contributed by atoms with E-state index in [9.17, 15) is 14.4 Å². The molecule has 34 heavy (non-hydrogen) atoms. The molecule has 0 spiro atoms. The number of thioether (sulfide) groups is 1. The summed E-state index contributed by atoms with van der Waals surface area (Å²) in [7, 11) is 1.32. The first-order valence-electron chi connectivity index (χ1n) is 10.4. The van der Waals surface area contributed by atoms with Gasteiger partial charge in [-0.15, -0.1) is 11.8 Å². The van der Waals surface area contributed by atoms with Crippen LogP contribution in [0.25, 0.3) is 6.08 Å². The zero-order valence-electron chi connectivity index (χ0n) is 19.0. The fourth-order valence-electron chi connectivity index (χ4n) is 3.74. The van der Waals surface area contributed by atoms with Crippen molar-refractivity contribution in [2.24, 2.45) is 4.99 Å². The quantitative estimate of drug-likeness (QED) is 0.308. The van der Waals surface area contributed by atoms with Gasteiger partial charge in [-0.3, -0.25) is 14.2 Å². The molecule has 0 radical (unpaired) electrons. The summed E-state index contributed by atoms with van der Waals surface area (Å²) in [5.41, 5.74) is 2.17. The third kappa shape index (κ3) is 4.62. The summed E-state index contributed by atoms with van der Waals surface area (Å²) in [6, 6.07) is 14.0. The molecule has 2 aromatic carbocycles. The number of allylic oxidation sites excluding steroid dienone is 1. The molecule has 1 aliphatic heterocycles. The second kappa shape index (κ2) is 9.82. The molecular weight excluding hydrogens is 472 g/mol. The molecule has 9 heteroatoms. The third-order valence-corrected chi connectivity index (χ3v) is 7.02. The van der Waals surface area contributed by atoms with Crippen LogP contribution in [-0.2, 0) is 14.3 Å². The number of fused-ring (bicyclic) bond motifs is 1. The topological polar surface area (TPSA) is 87.0 Å². The van der Waals surface area contributed by atoms with E-state index in [1.165, 1.54) is 25.4 Å². The number of esters is 2. The Morgan fingerprint density at radius 3 is 2.38 bits per heavy atom. The van der Waals surface area contributed by atoms with Crippen molar-refractivity contribution in [2.45, 2.75) is 24.8 Å². The molecule has 0 unspecified atom stereocenters. The molecule has 1 atom stereocenters. The van der Waals surface area contributed by atoms with E-state index in [4.69, 9.17) is 9.47 Å². The molecule has 3 aromatic rings. The van der Waals surface area contributed by atoms with Crippen molar-refractivity contribution in [3.63, 3.8) is 0 Å². The van der Waals surface area contributed by atoms with Gasteiger partial charge in [0.2, 0.25) is 0 Å². The second-order valence-electron chi connectivity index (χ2n) is 7.51. The molecule has 1 aromatic heterocycles. The maximum Gasteiger partial charge on any atom is 0.338 e. The molecule has 0 saturated heterocycles. The third-order valence-electron chi connectivity index (χ3n) is 5.30. The molecule has 174 valence electrons. The maximum atomic E-state index is 13.5. The van der Waals surface area contributed by atoms with Crippen LogP contribution in [0.4, 0.5) is 0 Å². The SMILES string of the molecule is COC(=O)C1=C(C)N=c2s/c(=C\c3ccc(OC(C)=O)cc3)c(=O)n2[C@H]1c1ccc(SC)cc1. The molecule has 0 bridgehead atoms. The summed E-state index contributed by atoms with van der Waals surface area (Å²) in [6.45, 7) is 3.09. The van der Waals surface area contributed by atoms with Gasteiger partial charge in [0.1, 0.15) is 5.75 Å². The van der Waals surface area contributed by atoms with Crippen molar-refractivity contribution in [3.05, 3.63) is 90.6 Å². The summed E-state index contributed by atoms with van der Waals surface area (Å²) in [4.78, 5) is 43.5. The van der Waals surface area contributed by atoms with Gasteiger partial charge in [0.25, 0.3) is 5.56 Å². The lowest BCUT2D eigenvalue weighted by molar-refractivity contribution is -0.136. The van der Waals surface area contributed by atoms with E-state index in [2.05, 4.69) is 4.99 Å². The number of aromatic nitrogens is 1. The number of methoxy groups -OCH3 is 1. The fourth-order valence-corrected chi connectivity index (χ4v) is 5.20. The molecule has 4 rings (SSSR count). The van der Waals surface area contributed by atoms with Crippen molar-refractivity contribution in [2.75, 3.05) is 13.4 Å². The van der Waals surface area contributed by atoms with Crippen LogP contribution in [0.3, 0.4) is 0 Å². The molecule has 0 aliphatic carbocycles. The molecule has 0 N–H and O–H groups in total. The molecule has 0 amide bonds. The van der Waals surface area contributed by atoms with Crippen LogP contribution in [0.5, 0.6) is 5.75 Å². The van der Waals surface area contributed by atoms with Crippen molar-refractivity contribution in [1.29, 1.82) is 0 Å². The van der Waals surface area contributed by atoms with E-state index in [0.717, 1.165) is 16.0 Å². The summed E-state index contributed by atoms with van der Waals surface area (Å²) >= 11 is 2.87. The number of carbonyl (C=O) groups excluding carboxylic acids is 2. The fraction of sp³-hybridized carbons (Fsp3) is 0.200. The molecule has 0 fully saturated rings. The highest BCUT2D eigenvalue weighted by Crippen LogP contribution is 2.31. The van der Waals surface area contributed by atoms with Crippen molar-refractivity contribution >= 4 is 41.1 Å². The Morgan fingerprint density at radius 2 is 1.79 bits per heavy atom. The standard InChI is InChI=1S/C25H22N2O5S2/c1-14-21(24(30)31-3)22(17-7-11-19(33-4)12-8-17)27-23(29)20(34-25(27)26-14)13-16-5-9-18(10-6-16)32-15(2)28/h5-13,22H,1-4H3/b20-13-/t22-/m0/s1. The van der Waals surface area contributed by atoms with Crippen LogP contribution in [-0.4, -0.2) is 29.9 Å². The van der Waals surface area contributed by atoms with Crippen molar-refractivity contribution in [1.82, 2.24) is 4.57 Å². The van der Waals surface area contributed by atoms with E-state index < -0.39 is 18.0 Å². The van der Waals surface area contributed by atoms with Crippen molar-refractivity contribution < 1.29 is 19.1 Å². The first kappa shape index (κ1) is 23.7. The Hall–Kier alpha value is -3.43. The minimum absolute atomic E-state index is 0.249. The average molecular weight is 495 g/mol. The van der Waals surface area contributed by atoms with E-state index >= 15 is 0 Å². The lowest BCUT2D eigenvalue weighted by Crippen LogP contribution is -2.39. The van der Waals surface area contributed by atoms with Gasteiger partial charge in [0.05, 0.1) is 29.0 Å². The van der Waals surface area contributed by atoms with E-state index in [1.54, 1.807) is 53.6 Å². The Kier molecular flexibility index (Phi) is 6.85. The number of rotatable bonds is 5. The Labute approximate surface area is 204 Å². The number of nitrogens with zero attached hydrogens (tertiary/aromatic N) is 2. The van der Waals surface area contributed by atoms with Crippen LogP contribution in [0.15, 0.2) is 74.5 Å². The van der Waals surface area contributed by atoms with E-state index in [-0.39, 0.29) is 5.56 Å². The van der Waals surface area contributed by atoms with Crippen molar-refractivity contribution in [3.8, 4) is 5.75 Å². The number of hydrogen-bond donors (Lipinski definition) is 0. The number of ether oxygens (including phenoxy) is 2. The van der Waals surface area contributed by atoms with E-state index in [1.807, 2.05) is 30.5 Å². The number of hydrogen-bond acceptors (Lipinski definition) is 8. The van der Waals surface area contributed by atoms with Gasteiger partial charge in [0.15, 0.2) is 4.80 Å². The van der Waals surface area contributed by atoms with Gasteiger partial charge in [-0.2, -0.15) is 0 Å². The van der Waals surface area contributed by atoms with Crippen LogP contribution < -0.4 is 19.6 Å². The summed E-state index contributed by atoms with van der Waals surface area (Å²) in [5.74, 6) is -0.489. The predicted molar refractivity (Wildman–Crippen MR) is 132 cm³/mol. The number of benzene rings is 2. The highest BCUT2D eigenvalue weighted by molar-refractivity contribution is 7.98. The monoisotopic (exact) mass is 494 g/mol. The first-order chi connectivity index (χ1) is 16.3. The van der Waals surface area contributed by atoms with Crippen LogP contribution in [0.2, 0.25) is 0 Å². The van der Waals surface area contributed by atoms with Gasteiger partial charge >= 0.3 is 11.9 Å². The Morgan fingerprint density at radius 1 is 1.12 bits per heavy atom. The summed E-state index contributed by atoms with van der Waals surface area (Å²) in [5, 5.41) is 0. The summed E-state index contributed by atoms with van der Waals surface area (Å²) in [6.07, 6.45) is 3.74. The average Bonchev–Trinajstić information content (AvgIpc) is 3.13. The molecule has 0 saturated carbocycles. The lowest BCUT2D eigenvalue weighted by atomic mass is 9.96. The Balaban J connectivity index is 1.86. The van der Waals surface area contributed by atoms with Gasteiger partial charge < -0.3 is 9.47 Å². The zero-order chi connectivity index (χ0) is 24.4. The highest BCUT2D eigenvalue weighted by Gasteiger charge is 2.33. The number of carbonyl (C=O) groups is 2. The minimum atomic E-state index is -0.645. The van der Waals surface area contributed by atoms with E-state index in [0.29, 0.717) is 26.4 Å². The predicted octanol–water partition coefficient (Wildman–Crippen LogP) is 3.06. The second-order valence-corrected chi connectivity index (χ2v) is 9.40. The molecule has 1 aliphatic rings. The molecule has 2 heterocycles. The number of thiazole rings is 1. The zero-order valence-corrected chi connectivity index (χ0v) is 20.7. The lowest BCUT2D eigenvalue weighted by Gasteiger charge is -2.24. The highest BCUT2D eigenvalue weighted by atomic mass is 32.2. The van der Waals surface area contributed by atoms with Gasteiger partial charge in [-0.05, 0) is 54.6 Å². The van der Waals surface area contributed by atoms with Gasteiger partial charge in [-0.1, -0.05) is 35.6 Å². The first-order valence-corrected chi connectivity index (χ1v) is 12.4. The normalized spacial score (nSPS) is 15.5. The van der Waals surface area contributed by atoms with Gasteiger partial charge in [-0.25, -0.2) is 9.79 Å². The minimum Gasteiger partial charge on any atom is -0.466 e. The maximum absolute atomic E-state index is 13.5.